The fourth-order valence-corrected chi connectivity index (χ4v) is 3.88. The van der Waals surface area contributed by atoms with Crippen LogP contribution in [0.2, 0.25) is 0 Å². The summed E-state index contributed by atoms with van der Waals surface area (Å²) >= 11 is 0. The first kappa shape index (κ1) is 23.2. The van der Waals surface area contributed by atoms with Crippen molar-refractivity contribution in [2.45, 2.75) is 18.9 Å². The maximum absolute atomic E-state index is 13.5. The monoisotopic (exact) mass is 482 g/mol. The molecule has 0 bridgehead atoms. The number of hydrogen-bond acceptors (Lipinski definition) is 5. The van der Waals surface area contributed by atoms with Gasteiger partial charge in [0, 0.05) is 29.1 Å². The molecule has 0 unspecified atom stereocenters. The second-order valence-electron chi connectivity index (χ2n) is 8.52. The van der Waals surface area contributed by atoms with Crippen LogP contribution in [-0.4, -0.2) is 41.9 Å². The second kappa shape index (κ2) is 9.95. The van der Waals surface area contributed by atoms with Gasteiger partial charge in [0.15, 0.2) is 11.5 Å². The number of nitrogens with one attached hydrogen (secondary N) is 2. The van der Waals surface area contributed by atoms with E-state index < -0.39 is 0 Å². The van der Waals surface area contributed by atoms with Crippen molar-refractivity contribution in [2.75, 3.05) is 19.5 Å². The Bertz CT molecular complexity index is 1410. The van der Waals surface area contributed by atoms with Gasteiger partial charge in [-0.15, -0.1) is 0 Å². The summed E-state index contributed by atoms with van der Waals surface area (Å²) < 4.78 is 12.5. The SMILES string of the molecule is COc1ccc(-c2nn(-c3ccccc3)cc2C(=O)Nc2cccc(C(=O)NC3CC3)c2)cc1OC. The number of amides is 2. The molecule has 8 heteroatoms. The number of aromatic nitrogens is 2. The van der Waals surface area contributed by atoms with Crippen LogP contribution in [0.3, 0.4) is 0 Å². The number of methoxy groups -OCH3 is 2. The van der Waals surface area contributed by atoms with Crippen molar-refractivity contribution >= 4 is 17.5 Å². The van der Waals surface area contributed by atoms with Crippen molar-refractivity contribution < 1.29 is 19.1 Å². The van der Waals surface area contributed by atoms with Crippen LogP contribution in [0.1, 0.15) is 33.6 Å². The van der Waals surface area contributed by atoms with E-state index >= 15 is 0 Å². The Labute approximate surface area is 208 Å². The smallest absolute Gasteiger partial charge is 0.259 e. The van der Waals surface area contributed by atoms with E-state index in [0.29, 0.717) is 39.6 Å². The summed E-state index contributed by atoms with van der Waals surface area (Å²) in [5.74, 6) is 0.624. The van der Waals surface area contributed by atoms with Crippen LogP contribution in [-0.2, 0) is 0 Å². The van der Waals surface area contributed by atoms with Gasteiger partial charge >= 0.3 is 0 Å². The summed E-state index contributed by atoms with van der Waals surface area (Å²) in [6, 6.07) is 22.1. The minimum Gasteiger partial charge on any atom is -0.493 e. The lowest BCUT2D eigenvalue weighted by Gasteiger charge is -2.10. The predicted molar refractivity (Wildman–Crippen MR) is 137 cm³/mol. The third-order valence-electron chi connectivity index (χ3n) is 5.93. The van der Waals surface area contributed by atoms with Gasteiger partial charge in [-0.3, -0.25) is 9.59 Å². The van der Waals surface area contributed by atoms with Gasteiger partial charge < -0.3 is 20.1 Å². The Morgan fingerprint density at radius 2 is 1.67 bits per heavy atom. The van der Waals surface area contributed by atoms with Crippen LogP contribution < -0.4 is 20.1 Å². The summed E-state index contributed by atoms with van der Waals surface area (Å²) in [4.78, 5) is 25.9. The maximum atomic E-state index is 13.5. The van der Waals surface area contributed by atoms with Gasteiger partial charge in [0.05, 0.1) is 25.5 Å². The van der Waals surface area contributed by atoms with Crippen molar-refractivity contribution in [1.82, 2.24) is 15.1 Å². The highest BCUT2D eigenvalue weighted by atomic mass is 16.5. The molecule has 1 fully saturated rings. The molecule has 4 aromatic rings. The molecule has 3 aromatic carbocycles. The minimum atomic E-state index is -0.346. The van der Waals surface area contributed by atoms with E-state index in [1.54, 1.807) is 61.5 Å². The molecule has 0 radical (unpaired) electrons. The summed E-state index contributed by atoms with van der Waals surface area (Å²) in [5.41, 5.74) is 3.40. The van der Waals surface area contributed by atoms with Crippen LogP contribution >= 0.6 is 0 Å². The largest absolute Gasteiger partial charge is 0.493 e. The summed E-state index contributed by atoms with van der Waals surface area (Å²) in [7, 11) is 3.13. The van der Waals surface area contributed by atoms with Crippen molar-refractivity contribution in [3.8, 4) is 28.4 Å². The molecule has 0 atom stereocenters. The van der Waals surface area contributed by atoms with E-state index in [4.69, 9.17) is 14.6 Å². The molecule has 1 aromatic heterocycles. The zero-order chi connectivity index (χ0) is 25.1. The molecule has 0 spiro atoms. The zero-order valence-corrected chi connectivity index (χ0v) is 20.0. The fourth-order valence-electron chi connectivity index (χ4n) is 3.88. The Morgan fingerprint density at radius 3 is 2.39 bits per heavy atom. The zero-order valence-electron chi connectivity index (χ0n) is 20.0. The second-order valence-corrected chi connectivity index (χ2v) is 8.52. The Morgan fingerprint density at radius 1 is 0.889 bits per heavy atom. The van der Waals surface area contributed by atoms with E-state index in [1.165, 1.54) is 0 Å². The van der Waals surface area contributed by atoms with Gasteiger partial charge in [0.2, 0.25) is 0 Å². The van der Waals surface area contributed by atoms with Gasteiger partial charge in [0.1, 0.15) is 5.69 Å². The number of nitrogens with zero attached hydrogens (tertiary/aromatic N) is 2. The molecule has 2 N–H and O–H groups in total. The van der Waals surface area contributed by atoms with Crippen LogP contribution in [0, 0.1) is 0 Å². The molecule has 2 amide bonds. The highest BCUT2D eigenvalue weighted by molar-refractivity contribution is 6.08. The number of anilines is 1. The Hall–Kier alpha value is -4.59. The molecule has 1 heterocycles. The molecular weight excluding hydrogens is 456 g/mol. The van der Waals surface area contributed by atoms with E-state index in [1.807, 2.05) is 36.4 Å². The van der Waals surface area contributed by atoms with Crippen molar-refractivity contribution in [3.63, 3.8) is 0 Å². The first-order valence-electron chi connectivity index (χ1n) is 11.7. The first-order valence-corrected chi connectivity index (χ1v) is 11.7. The van der Waals surface area contributed by atoms with E-state index in [-0.39, 0.29) is 17.9 Å². The molecule has 8 nitrogen and oxygen atoms in total. The lowest BCUT2D eigenvalue weighted by Crippen LogP contribution is -2.25. The molecule has 1 aliphatic rings. The maximum Gasteiger partial charge on any atom is 0.259 e. The molecule has 5 rings (SSSR count). The Balaban J connectivity index is 1.49. The molecule has 0 saturated heterocycles. The first-order chi connectivity index (χ1) is 17.6. The molecule has 1 aliphatic carbocycles. The number of ether oxygens (including phenoxy) is 2. The number of rotatable bonds is 8. The van der Waals surface area contributed by atoms with Gasteiger partial charge in [0.25, 0.3) is 11.8 Å². The average molecular weight is 483 g/mol. The number of carbonyl (C=O) groups is 2. The minimum absolute atomic E-state index is 0.142. The number of hydrogen-bond donors (Lipinski definition) is 2. The lowest BCUT2D eigenvalue weighted by atomic mass is 10.1. The Kier molecular flexibility index (Phi) is 6.40. The average Bonchev–Trinajstić information content (AvgIpc) is 3.62. The van der Waals surface area contributed by atoms with Crippen molar-refractivity contribution in [1.29, 1.82) is 0 Å². The van der Waals surface area contributed by atoms with Gasteiger partial charge in [-0.2, -0.15) is 5.10 Å². The van der Waals surface area contributed by atoms with Gasteiger partial charge in [-0.25, -0.2) is 4.68 Å². The van der Waals surface area contributed by atoms with E-state index in [2.05, 4.69) is 10.6 Å². The van der Waals surface area contributed by atoms with Gasteiger partial charge in [-0.05, 0) is 61.4 Å². The number of carbonyl (C=O) groups excluding carboxylic acids is 2. The quantitative estimate of drug-likeness (QED) is 0.380. The van der Waals surface area contributed by atoms with Crippen molar-refractivity contribution in [3.05, 3.63) is 90.1 Å². The number of benzene rings is 3. The molecule has 0 aliphatic heterocycles. The third-order valence-corrected chi connectivity index (χ3v) is 5.93. The van der Waals surface area contributed by atoms with Crippen LogP contribution in [0.4, 0.5) is 5.69 Å². The van der Waals surface area contributed by atoms with Crippen LogP contribution in [0.5, 0.6) is 11.5 Å². The third kappa shape index (κ3) is 4.93. The van der Waals surface area contributed by atoms with E-state index in [0.717, 1.165) is 18.5 Å². The predicted octanol–water partition coefficient (Wildman–Crippen LogP) is 4.70. The van der Waals surface area contributed by atoms with Gasteiger partial charge in [-0.1, -0.05) is 24.3 Å². The number of para-hydroxylation sites is 1. The summed E-state index contributed by atoms with van der Waals surface area (Å²) in [5, 5.41) is 10.6. The van der Waals surface area contributed by atoms with E-state index in [9.17, 15) is 9.59 Å². The molecular formula is C28H26N4O4. The van der Waals surface area contributed by atoms with Crippen LogP contribution in [0.15, 0.2) is 79.0 Å². The van der Waals surface area contributed by atoms with Crippen LogP contribution in [0.25, 0.3) is 16.9 Å². The summed E-state index contributed by atoms with van der Waals surface area (Å²) in [6.45, 7) is 0. The molecule has 182 valence electrons. The van der Waals surface area contributed by atoms with Crippen molar-refractivity contribution in [2.24, 2.45) is 0 Å². The highest BCUT2D eigenvalue weighted by Gasteiger charge is 2.24. The molecule has 1 saturated carbocycles. The lowest BCUT2D eigenvalue weighted by molar-refractivity contribution is 0.0949. The molecule has 36 heavy (non-hydrogen) atoms. The summed E-state index contributed by atoms with van der Waals surface area (Å²) in [6.07, 6.45) is 3.71. The fraction of sp³-hybridized carbons (Fsp3) is 0.179. The highest BCUT2D eigenvalue weighted by Crippen LogP contribution is 2.33. The topological polar surface area (TPSA) is 94.5 Å². The normalized spacial score (nSPS) is 12.6. The standard InChI is InChI=1S/C28H26N4O4/c1-35-24-14-11-18(16-25(24)36-2)26-23(17-32(31-26)22-9-4-3-5-10-22)28(34)30-21-8-6-7-19(15-21)27(33)29-20-12-13-20/h3-11,14-17,20H,12-13H2,1-2H3,(H,29,33)(H,30,34).